The van der Waals surface area contributed by atoms with E-state index in [1.54, 1.807) is 6.92 Å². The van der Waals surface area contributed by atoms with Crippen molar-refractivity contribution in [3.8, 4) is 0 Å². The van der Waals surface area contributed by atoms with Gasteiger partial charge in [0.2, 0.25) is 0 Å². The van der Waals surface area contributed by atoms with E-state index in [1.807, 2.05) is 0 Å². The van der Waals surface area contributed by atoms with Crippen molar-refractivity contribution in [2.45, 2.75) is 104 Å². The number of carbonyl (C=O) groups excluding carboxylic acids is 1. The number of rotatable bonds is 5. The predicted octanol–water partition coefficient (Wildman–Crippen LogP) is 5.99. The van der Waals surface area contributed by atoms with Crippen molar-refractivity contribution in [3.05, 3.63) is 0 Å². The lowest BCUT2D eigenvalue weighted by molar-refractivity contribution is -0.160. The Morgan fingerprint density at radius 2 is 1.76 bits per heavy atom. The average Bonchev–Trinajstić information content (AvgIpc) is 3.03. The first-order valence-electron chi connectivity index (χ1n) is 12.6. The molecule has 9 atom stereocenters. The first-order valence-corrected chi connectivity index (χ1v) is 12.6. The number of aliphatic hydroxyl groups is 1. The average molecular weight is 405 g/mol. The van der Waals surface area contributed by atoms with E-state index in [1.165, 1.54) is 51.4 Å². The van der Waals surface area contributed by atoms with Gasteiger partial charge in [-0.2, -0.15) is 0 Å². The minimum atomic E-state index is -0.104. The van der Waals surface area contributed by atoms with Gasteiger partial charge in [-0.3, -0.25) is 4.79 Å². The Morgan fingerprint density at radius 3 is 2.48 bits per heavy atom. The van der Waals surface area contributed by atoms with Gasteiger partial charge in [-0.15, -0.1) is 0 Å². The van der Waals surface area contributed by atoms with E-state index in [0.29, 0.717) is 17.4 Å². The molecule has 0 aliphatic heterocycles. The molecule has 0 aromatic heterocycles. The summed E-state index contributed by atoms with van der Waals surface area (Å²) in [5.74, 6) is 4.94. The molecule has 0 amide bonds. The third-order valence-corrected chi connectivity index (χ3v) is 10.5. The molecule has 3 heteroatoms. The molecular formula is C26H44O3. The van der Waals surface area contributed by atoms with E-state index < -0.39 is 0 Å². The van der Waals surface area contributed by atoms with Crippen LogP contribution in [0.25, 0.3) is 0 Å². The summed E-state index contributed by atoms with van der Waals surface area (Å²) < 4.78 is 5.62. The summed E-state index contributed by atoms with van der Waals surface area (Å²) in [6.07, 6.45) is 14.1. The molecule has 0 radical (unpaired) electrons. The third-order valence-electron chi connectivity index (χ3n) is 10.5. The number of carbonyl (C=O) groups is 1. The van der Waals surface area contributed by atoms with Gasteiger partial charge in [0, 0.05) is 13.5 Å². The highest BCUT2D eigenvalue weighted by Gasteiger charge is 2.60. The first-order chi connectivity index (χ1) is 13.8. The molecule has 3 nitrogen and oxygen atoms in total. The van der Waals surface area contributed by atoms with Crippen LogP contribution in [0.5, 0.6) is 0 Å². The Kier molecular flexibility index (Phi) is 6.10. The molecule has 0 saturated heterocycles. The maximum absolute atomic E-state index is 11.5. The molecule has 9 unspecified atom stereocenters. The Bertz CT molecular complexity index is 603. The normalized spacial score (nSPS) is 47.6. The van der Waals surface area contributed by atoms with E-state index in [2.05, 4.69) is 20.8 Å². The highest BCUT2D eigenvalue weighted by molar-refractivity contribution is 5.66. The molecular weight excluding hydrogens is 360 g/mol. The highest BCUT2D eigenvalue weighted by Crippen LogP contribution is 2.68. The second-order valence-corrected chi connectivity index (χ2v) is 11.7. The van der Waals surface area contributed by atoms with Gasteiger partial charge in [0.15, 0.2) is 0 Å². The van der Waals surface area contributed by atoms with Gasteiger partial charge < -0.3 is 9.84 Å². The largest absolute Gasteiger partial charge is 0.463 e. The van der Waals surface area contributed by atoms with Crippen LogP contribution in [0.1, 0.15) is 98.3 Å². The van der Waals surface area contributed by atoms with Gasteiger partial charge in [0.1, 0.15) is 6.10 Å². The van der Waals surface area contributed by atoms with E-state index in [4.69, 9.17) is 4.74 Å². The molecule has 29 heavy (non-hydrogen) atoms. The van der Waals surface area contributed by atoms with Crippen molar-refractivity contribution in [1.82, 2.24) is 0 Å². The molecule has 1 N–H and O–H groups in total. The molecule has 0 aromatic carbocycles. The maximum Gasteiger partial charge on any atom is 0.302 e. The minimum Gasteiger partial charge on any atom is -0.463 e. The molecule has 0 heterocycles. The van der Waals surface area contributed by atoms with Crippen LogP contribution in [-0.4, -0.2) is 23.8 Å². The minimum absolute atomic E-state index is 0.104. The van der Waals surface area contributed by atoms with Gasteiger partial charge in [-0.1, -0.05) is 20.8 Å². The molecule has 4 aliphatic rings. The van der Waals surface area contributed by atoms with Gasteiger partial charge in [0.25, 0.3) is 0 Å². The van der Waals surface area contributed by atoms with E-state index >= 15 is 0 Å². The first kappa shape index (κ1) is 21.7. The van der Waals surface area contributed by atoms with Crippen molar-refractivity contribution in [3.63, 3.8) is 0 Å². The van der Waals surface area contributed by atoms with Crippen LogP contribution in [0, 0.1) is 46.3 Å². The molecule has 4 saturated carbocycles. The lowest BCUT2D eigenvalue weighted by Crippen LogP contribution is -2.54. The fourth-order valence-electron chi connectivity index (χ4n) is 9.15. The fourth-order valence-corrected chi connectivity index (χ4v) is 9.15. The fraction of sp³-hybridized carbons (Fsp3) is 0.962. The summed E-state index contributed by atoms with van der Waals surface area (Å²) in [6, 6.07) is 0. The van der Waals surface area contributed by atoms with E-state index in [-0.39, 0.29) is 12.1 Å². The van der Waals surface area contributed by atoms with Crippen molar-refractivity contribution in [2.75, 3.05) is 6.61 Å². The monoisotopic (exact) mass is 404 g/mol. The topological polar surface area (TPSA) is 46.5 Å². The Hall–Kier alpha value is -0.570. The summed E-state index contributed by atoms with van der Waals surface area (Å²) >= 11 is 0. The molecule has 4 fully saturated rings. The number of esters is 1. The SMILES string of the molecule is CC(=O)OC1CCC2(C)C(CCC3C2CCC2(C)C(C(C)CCCO)CCC32)C1. The quantitative estimate of drug-likeness (QED) is 0.573. The maximum atomic E-state index is 11.5. The van der Waals surface area contributed by atoms with Gasteiger partial charge in [-0.25, -0.2) is 0 Å². The van der Waals surface area contributed by atoms with Crippen molar-refractivity contribution in [1.29, 1.82) is 0 Å². The van der Waals surface area contributed by atoms with Crippen molar-refractivity contribution >= 4 is 5.97 Å². The third kappa shape index (κ3) is 3.68. The highest BCUT2D eigenvalue weighted by atomic mass is 16.5. The summed E-state index contributed by atoms with van der Waals surface area (Å²) in [7, 11) is 0. The molecule has 0 aromatic rings. The predicted molar refractivity (Wildman–Crippen MR) is 116 cm³/mol. The summed E-state index contributed by atoms with van der Waals surface area (Å²) in [5.41, 5.74) is 0.982. The Labute approximate surface area is 178 Å². The molecule has 166 valence electrons. The second kappa shape index (κ2) is 8.17. The van der Waals surface area contributed by atoms with Crippen molar-refractivity contribution < 1.29 is 14.6 Å². The number of aliphatic hydroxyl groups excluding tert-OH is 1. The van der Waals surface area contributed by atoms with Crippen molar-refractivity contribution in [2.24, 2.45) is 46.3 Å². The zero-order valence-electron chi connectivity index (χ0n) is 19.3. The Balaban J connectivity index is 1.48. The van der Waals surface area contributed by atoms with Gasteiger partial charge in [-0.05, 0) is 117 Å². The number of ether oxygens (including phenoxy) is 1. The molecule has 0 spiro atoms. The van der Waals surface area contributed by atoms with Crippen LogP contribution in [-0.2, 0) is 9.53 Å². The zero-order valence-corrected chi connectivity index (χ0v) is 19.3. The van der Waals surface area contributed by atoms with Crippen LogP contribution in [0.4, 0.5) is 0 Å². The smallest absolute Gasteiger partial charge is 0.302 e. The van der Waals surface area contributed by atoms with Gasteiger partial charge in [0.05, 0.1) is 0 Å². The summed E-state index contributed by atoms with van der Waals surface area (Å²) in [6.45, 7) is 9.58. The number of hydrogen-bond acceptors (Lipinski definition) is 3. The molecule has 4 aliphatic carbocycles. The lowest BCUT2D eigenvalue weighted by atomic mass is 9.44. The summed E-state index contributed by atoms with van der Waals surface area (Å²) in [4.78, 5) is 11.5. The van der Waals surface area contributed by atoms with Crippen LogP contribution >= 0.6 is 0 Å². The molecule has 4 rings (SSSR count). The Morgan fingerprint density at radius 1 is 1.03 bits per heavy atom. The number of fused-ring (bicyclic) bond motifs is 5. The lowest BCUT2D eigenvalue weighted by Gasteiger charge is -2.61. The standard InChI is InChI=1S/C26H44O3/c1-17(6-5-15-27)22-9-10-23-21-8-7-19-16-20(29-18(2)28)11-13-25(19,3)24(21)12-14-26(22,23)4/h17,19-24,27H,5-16H2,1-4H3. The number of hydrogen-bond donors (Lipinski definition) is 1. The zero-order chi connectivity index (χ0) is 20.8. The van der Waals surface area contributed by atoms with E-state index in [9.17, 15) is 9.90 Å². The van der Waals surface area contributed by atoms with Crippen LogP contribution in [0.2, 0.25) is 0 Å². The molecule has 0 bridgehead atoms. The second-order valence-electron chi connectivity index (χ2n) is 11.7. The van der Waals surface area contributed by atoms with E-state index in [0.717, 1.165) is 54.8 Å². The van der Waals surface area contributed by atoms with Crippen LogP contribution < -0.4 is 0 Å². The summed E-state index contributed by atoms with van der Waals surface area (Å²) in [5, 5.41) is 9.29. The van der Waals surface area contributed by atoms with Crippen LogP contribution in [0.3, 0.4) is 0 Å². The van der Waals surface area contributed by atoms with Gasteiger partial charge >= 0.3 is 5.97 Å². The van der Waals surface area contributed by atoms with Crippen LogP contribution in [0.15, 0.2) is 0 Å².